The van der Waals surface area contributed by atoms with Crippen LogP contribution in [0.4, 0.5) is 0 Å². The number of nitrogens with one attached hydrogen (secondary N) is 1. The maximum Gasteiger partial charge on any atom is 0.0431 e. The molecule has 0 aliphatic carbocycles. The third kappa shape index (κ3) is 6.18. The summed E-state index contributed by atoms with van der Waals surface area (Å²) in [6, 6.07) is 11.1. The van der Waals surface area contributed by atoms with E-state index in [9.17, 15) is 0 Å². The zero-order valence-electron chi connectivity index (χ0n) is 11.9. The van der Waals surface area contributed by atoms with Crippen molar-refractivity contribution in [3.63, 3.8) is 0 Å². The van der Waals surface area contributed by atoms with E-state index < -0.39 is 0 Å². The molecule has 18 heavy (non-hydrogen) atoms. The summed E-state index contributed by atoms with van der Waals surface area (Å²) in [7, 11) is 0. The van der Waals surface area contributed by atoms with Crippen LogP contribution in [0, 0.1) is 5.41 Å². The average Bonchev–Trinajstić information content (AvgIpc) is 2.36. The number of aliphatic hydroxyl groups excluding tert-OH is 1. The molecular weight excluding hydrogens is 222 g/mol. The molecule has 0 heterocycles. The van der Waals surface area contributed by atoms with Crippen molar-refractivity contribution in [3.05, 3.63) is 35.9 Å². The molecule has 2 heteroatoms. The van der Waals surface area contributed by atoms with Gasteiger partial charge >= 0.3 is 0 Å². The van der Waals surface area contributed by atoms with Crippen molar-refractivity contribution in [2.45, 2.75) is 46.1 Å². The van der Waals surface area contributed by atoms with E-state index in [1.54, 1.807) is 0 Å². The zero-order valence-corrected chi connectivity index (χ0v) is 11.9. The fourth-order valence-corrected chi connectivity index (χ4v) is 2.14. The molecule has 0 aromatic heterocycles. The molecule has 1 unspecified atom stereocenters. The standard InChI is InChI=1S/C16H27NO/c1-14(12-15-8-5-4-6-9-15)17-13-16(2,3)10-7-11-18/h4-6,8-9,14,17-18H,7,10-13H2,1-3H3. The Morgan fingerprint density at radius 3 is 2.50 bits per heavy atom. The van der Waals surface area contributed by atoms with E-state index in [1.807, 2.05) is 0 Å². The molecule has 0 amide bonds. The highest BCUT2D eigenvalue weighted by Crippen LogP contribution is 2.21. The van der Waals surface area contributed by atoms with Crippen LogP contribution < -0.4 is 5.32 Å². The number of aliphatic hydroxyl groups is 1. The van der Waals surface area contributed by atoms with Gasteiger partial charge in [-0.25, -0.2) is 0 Å². The van der Waals surface area contributed by atoms with Gasteiger partial charge in [0.2, 0.25) is 0 Å². The molecule has 102 valence electrons. The van der Waals surface area contributed by atoms with Crippen molar-refractivity contribution in [1.82, 2.24) is 5.32 Å². The summed E-state index contributed by atoms with van der Waals surface area (Å²) in [6.07, 6.45) is 3.02. The third-order valence-corrected chi connectivity index (χ3v) is 3.33. The molecule has 1 aromatic carbocycles. The fourth-order valence-electron chi connectivity index (χ4n) is 2.14. The summed E-state index contributed by atoms with van der Waals surface area (Å²) in [6.45, 7) is 8.04. The molecule has 2 nitrogen and oxygen atoms in total. The van der Waals surface area contributed by atoms with Crippen molar-refractivity contribution in [2.75, 3.05) is 13.2 Å². The molecule has 2 N–H and O–H groups in total. The highest BCUT2D eigenvalue weighted by Gasteiger charge is 2.17. The third-order valence-electron chi connectivity index (χ3n) is 3.33. The minimum absolute atomic E-state index is 0.258. The average molecular weight is 249 g/mol. The lowest BCUT2D eigenvalue weighted by atomic mass is 9.87. The summed E-state index contributed by atoms with van der Waals surface area (Å²) in [5, 5.41) is 12.5. The molecule has 0 radical (unpaired) electrons. The first kappa shape index (κ1) is 15.2. The highest BCUT2D eigenvalue weighted by atomic mass is 16.2. The molecule has 0 bridgehead atoms. The fraction of sp³-hybridized carbons (Fsp3) is 0.625. The van der Waals surface area contributed by atoms with Crippen LogP contribution in [0.25, 0.3) is 0 Å². The predicted octanol–water partition coefficient (Wildman–Crippen LogP) is 3.01. The first-order valence-electron chi connectivity index (χ1n) is 6.92. The summed E-state index contributed by atoms with van der Waals surface area (Å²) in [5.74, 6) is 0. The van der Waals surface area contributed by atoms with Crippen molar-refractivity contribution >= 4 is 0 Å². The monoisotopic (exact) mass is 249 g/mol. The molecule has 0 saturated heterocycles. The highest BCUT2D eigenvalue weighted by molar-refractivity contribution is 5.15. The Balaban J connectivity index is 2.30. The van der Waals surface area contributed by atoms with Gasteiger partial charge in [-0.05, 0) is 37.2 Å². The Morgan fingerprint density at radius 2 is 1.89 bits per heavy atom. The molecule has 0 aliphatic heterocycles. The molecule has 1 aromatic rings. The van der Waals surface area contributed by atoms with Gasteiger partial charge in [-0.15, -0.1) is 0 Å². The van der Waals surface area contributed by atoms with Crippen molar-refractivity contribution in [2.24, 2.45) is 5.41 Å². The molecule has 1 rings (SSSR count). The van der Waals surface area contributed by atoms with E-state index in [4.69, 9.17) is 5.11 Å². The van der Waals surface area contributed by atoms with E-state index in [-0.39, 0.29) is 5.41 Å². The maximum absolute atomic E-state index is 8.88. The van der Waals surface area contributed by atoms with E-state index in [2.05, 4.69) is 56.4 Å². The molecule has 0 aliphatic rings. The van der Waals surface area contributed by atoms with Gasteiger partial charge in [0, 0.05) is 19.2 Å². The Labute approximate surface area is 111 Å². The largest absolute Gasteiger partial charge is 0.396 e. The molecular formula is C16H27NO. The van der Waals surface area contributed by atoms with Crippen LogP contribution in [0.2, 0.25) is 0 Å². The quantitative estimate of drug-likeness (QED) is 0.742. The number of benzene rings is 1. The van der Waals surface area contributed by atoms with Gasteiger partial charge < -0.3 is 10.4 Å². The maximum atomic E-state index is 8.88. The van der Waals surface area contributed by atoms with Gasteiger partial charge in [-0.3, -0.25) is 0 Å². The van der Waals surface area contributed by atoms with E-state index >= 15 is 0 Å². The van der Waals surface area contributed by atoms with Gasteiger partial charge in [0.25, 0.3) is 0 Å². The topological polar surface area (TPSA) is 32.3 Å². The minimum Gasteiger partial charge on any atom is -0.396 e. The first-order chi connectivity index (χ1) is 8.53. The van der Waals surface area contributed by atoms with Crippen LogP contribution in [0.1, 0.15) is 39.2 Å². The van der Waals surface area contributed by atoms with Gasteiger partial charge in [-0.2, -0.15) is 0 Å². The summed E-state index contributed by atoms with van der Waals surface area (Å²) >= 11 is 0. The summed E-state index contributed by atoms with van der Waals surface area (Å²) < 4.78 is 0. The Bertz CT molecular complexity index is 321. The van der Waals surface area contributed by atoms with Crippen LogP contribution in [0.15, 0.2) is 30.3 Å². The second kappa shape index (κ2) is 7.55. The van der Waals surface area contributed by atoms with Crippen LogP contribution in [0.3, 0.4) is 0 Å². The van der Waals surface area contributed by atoms with Crippen molar-refractivity contribution in [3.8, 4) is 0 Å². The second-order valence-corrected chi connectivity index (χ2v) is 5.96. The van der Waals surface area contributed by atoms with Gasteiger partial charge in [0.1, 0.15) is 0 Å². The summed E-state index contributed by atoms with van der Waals surface area (Å²) in [4.78, 5) is 0. The van der Waals surface area contributed by atoms with Crippen LogP contribution >= 0.6 is 0 Å². The molecule has 0 saturated carbocycles. The lowest BCUT2D eigenvalue weighted by molar-refractivity contribution is 0.232. The predicted molar refractivity (Wildman–Crippen MR) is 77.7 cm³/mol. The normalized spacial score (nSPS) is 13.6. The smallest absolute Gasteiger partial charge is 0.0431 e. The van der Waals surface area contributed by atoms with Gasteiger partial charge in [-0.1, -0.05) is 44.2 Å². The van der Waals surface area contributed by atoms with Gasteiger partial charge in [0.15, 0.2) is 0 Å². The Hall–Kier alpha value is -0.860. The molecule has 1 atom stereocenters. The first-order valence-corrected chi connectivity index (χ1v) is 6.92. The van der Waals surface area contributed by atoms with Crippen molar-refractivity contribution < 1.29 is 5.11 Å². The minimum atomic E-state index is 0.258. The van der Waals surface area contributed by atoms with E-state index in [0.29, 0.717) is 12.6 Å². The van der Waals surface area contributed by atoms with E-state index in [1.165, 1.54) is 5.56 Å². The Morgan fingerprint density at radius 1 is 1.22 bits per heavy atom. The summed E-state index contributed by atoms with van der Waals surface area (Å²) in [5.41, 5.74) is 1.64. The number of rotatable bonds is 8. The Kier molecular flexibility index (Phi) is 6.37. The lowest BCUT2D eigenvalue weighted by Gasteiger charge is -2.27. The lowest BCUT2D eigenvalue weighted by Crippen LogP contribution is -2.36. The molecule has 0 fully saturated rings. The van der Waals surface area contributed by atoms with Crippen LogP contribution in [0.5, 0.6) is 0 Å². The van der Waals surface area contributed by atoms with Crippen LogP contribution in [-0.2, 0) is 6.42 Å². The number of hydrogen-bond acceptors (Lipinski definition) is 2. The molecule has 0 spiro atoms. The number of hydrogen-bond donors (Lipinski definition) is 2. The van der Waals surface area contributed by atoms with Crippen LogP contribution in [-0.4, -0.2) is 24.3 Å². The van der Waals surface area contributed by atoms with Gasteiger partial charge in [0.05, 0.1) is 0 Å². The SMILES string of the molecule is CC(Cc1ccccc1)NCC(C)(C)CCCO. The van der Waals surface area contributed by atoms with Crippen molar-refractivity contribution in [1.29, 1.82) is 0 Å². The zero-order chi connectivity index (χ0) is 13.4. The van der Waals surface area contributed by atoms with E-state index in [0.717, 1.165) is 25.8 Å². The second-order valence-electron chi connectivity index (χ2n) is 5.96.